The Morgan fingerprint density at radius 3 is 2.10 bits per heavy atom. The van der Waals surface area contributed by atoms with E-state index in [0.29, 0.717) is 19.3 Å². The molecule has 0 aromatic carbocycles. The third-order valence-corrected chi connectivity index (χ3v) is 10.2. The first-order valence-corrected chi connectivity index (χ1v) is 14.8. The number of fused-ring (bicyclic) bond motifs is 2. The molecule has 7 N–H and O–H groups in total. The minimum absolute atomic E-state index is 0.0170. The summed E-state index contributed by atoms with van der Waals surface area (Å²) in [5.41, 5.74) is 0. The first-order chi connectivity index (χ1) is 18.5. The molecule has 4 aliphatic rings. The molecule has 0 radical (unpaired) electrons. The molecule has 6 atom stereocenters. The van der Waals surface area contributed by atoms with Gasteiger partial charge in [0.1, 0.15) is 6.54 Å². The Morgan fingerprint density at radius 1 is 0.821 bits per heavy atom. The molecule has 1 unspecified atom stereocenters. The number of nitrogens with one attached hydrogen (secondary N) is 3. The van der Waals surface area contributed by atoms with Gasteiger partial charge in [-0.05, 0) is 25.7 Å². The quantitative estimate of drug-likeness (QED) is 0.0895. The lowest BCUT2D eigenvalue weighted by molar-refractivity contribution is -0.155. The predicted molar refractivity (Wildman–Crippen MR) is 141 cm³/mol. The summed E-state index contributed by atoms with van der Waals surface area (Å²) >= 11 is 3.46. The molecule has 0 aliphatic carbocycles. The van der Waals surface area contributed by atoms with E-state index in [-0.39, 0.29) is 66.1 Å². The number of nitrogens with zero attached hydrogens (tertiary/aromatic N) is 1. The van der Waals surface area contributed by atoms with Crippen molar-refractivity contribution >= 4 is 59.5 Å². The van der Waals surface area contributed by atoms with Crippen molar-refractivity contribution in [3.8, 4) is 0 Å². The van der Waals surface area contributed by atoms with Crippen LogP contribution in [0.1, 0.15) is 44.9 Å². The highest BCUT2D eigenvalue weighted by molar-refractivity contribution is 8.00. The maximum Gasteiger partial charge on any atom is 0.323 e. The fourth-order valence-corrected chi connectivity index (χ4v) is 8.43. The van der Waals surface area contributed by atoms with Crippen LogP contribution in [0.2, 0.25) is 0 Å². The molecular formula is C23H34N4O10S2. The van der Waals surface area contributed by atoms with E-state index in [1.165, 1.54) is 4.90 Å². The number of hydrogen-bond donors (Lipinski definition) is 7. The summed E-state index contributed by atoms with van der Waals surface area (Å²) in [6.07, 6.45) is 3.83. The summed E-state index contributed by atoms with van der Waals surface area (Å²) < 4.78 is 0. The zero-order chi connectivity index (χ0) is 28.7. The number of amides is 4. The summed E-state index contributed by atoms with van der Waals surface area (Å²) in [6, 6.07) is -0.333. The van der Waals surface area contributed by atoms with Gasteiger partial charge >= 0.3 is 35.9 Å². The van der Waals surface area contributed by atoms with Crippen LogP contribution in [-0.2, 0) is 19.2 Å². The standard InChI is InChI=1S/C12H18N2O5S.C11H16N2O5S/c15-9(16)4-2-1-3-8-11-7(6-20-8)14(5-10(17)18)12(19)13-11;14-9(15)5(10(16)17)2-1-3-7-8-6(4-19-7)12-11(18)13-8/h7-8,11H,1-6H2,(H,13,19)(H,15,16)(H,17,18);5-8H,1-4H2,(H,14,15)(H,16,17)(H2,12,13,18)/t7-,8?,11-;6-,7-,8-/m00/s1. The van der Waals surface area contributed by atoms with Gasteiger partial charge in [-0.25, -0.2) is 9.59 Å². The maximum absolute atomic E-state index is 11.8. The molecule has 4 rings (SSSR count). The van der Waals surface area contributed by atoms with Crippen LogP contribution in [0.4, 0.5) is 9.59 Å². The molecule has 0 spiro atoms. The number of thioether (sulfide) groups is 2. The Kier molecular flexibility index (Phi) is 11.0. The Hall–Kier alpha value is -2.88. The van der Waals surface area contributed by atoms with E-state index in [1.807, 2.05) is 0 Å². The molecular weight excluding hydrogens is 556 g/mol. The Labute approximate surface area is 233 Å². The highest BCUT2D eigenvalue weighted by atomic mass is 32.2. The number of urea groups is 2. The van der Waals surface area contributed by atoms with Crippen molar-refractivity contribution in [3.63, 3.8) is 0 Å². The lowest BCUT2D eigenvalue weighted by Crippen LogP contribution is -2.40. The Bertz CT molecular complexity index is 955. The fraction of sp³-hybridized carbons (Fsp3) is 0.739. The predicted octanol–water partition coefficient (Wildman–Crippen LogP) is 0.701. The number of aliphatic carboxylic acids is 4. The van der Waals surface area contributed by atoms with Crippen LogP contribution in [-0.4, -0.2) is 114 Å². The highest BCUT2D eigenvalue weighted by Crippen LogP contribution is 2.37. The lowest BCUT2D eigenvalue weighted by Gasteiger charge is -2.19. The van der Waals surface area contributed by atoms with Crippen LogP contribution in [0.15, 0.2) is 0 Å². The topological polar surface area (TPSA) is 223 Å². The normalized spacial score (nSPS) is 28.6. The number of hydrogen-bond acceptors (Lipinski definition) is 8. The molecule has 0 aromatic heterocycles. The van der Waals surface area contributed by atoms with Crippen LogP contribution >= 0.6 is 23.5 Å². The number of carboxylic acid groups (broad SMARTS) is 4. The number of carbonyl (C=O) groups is 6. The number of unbranched alkanes of at least 4 members (excludes halogenated alkanes) is 1. The van der Waals surface area contributed by atoms with Crippen molar-refractivity contribution in [3.05, 3.63) is 0 Å². The second-order valence-electron chi connectivity index (χ2n) is 9.86. The van der Waals surface area contributed by atoms with E-state index in [2.05, 4.69) is 16.0 Å². The molecule has 4 amide bonds. The Balaban J connectivity index is 0.000000216. The van der Waals surface area contributed by atoms with E-state index >= 15 is 0 Å². The van der Waals surface area contributed by atoms with Crippen LogP contribution in [0.3, 0.4) is 0 Å². The SMILES string of the molecule is O=C(O)CCCCC1SC[C@H]2[C@@H]1NC(=O)N2CC(=O)O.O=C1N[C@H]2[C@H](CS[C@H]2CCCC(C(=O)O)C(=O)O)N1. The molecule has 0 bridgehead atoms. The van der Waals surface area contributed by atoms with E-state index in [1.54, 1.807) is 23.5 Å². The Morgan fingerprint density at radius 2 is 1.46 bits per heavy atom. The number of rotatable bonds is 13. The molecule has 14 nitrogen and oxygen atoms in total. The summed E-state index contributed by atoms with van der Waals surface area (Å²) in [6.45, 7) is -0.265. The van der Waals surface area contributed by atoms with Crippen molar-refractivity contribution in [2.24, 2.45) is 5.92 Å². The third-order valence-electron chi connectivity index (χ3n) is 7.20. The van der Waals surface area contributed by atoms with Crippen molar-refractivity contribution in [2.45, 2.75) is 79.6 Å². The number of carbonyl (C=O) groups excluding carboxylic acids is 2. The number of carboxylic acids is 4. The minimum atomic E-state index is -1.33. The fourth-order valence-electron chi connectivity index (χ4n) is 5.26. The average Bonchev–Trinajstić information content (AvgIpc) is 3.58. The van der Waals surface area contributed by atoms with Gasteiger partial charge in [0.25, 0.3) is 0 Å². The van der Waals surface area contributed by atoms with Gasteiger partial charge in [-0.2, -0.15) is 23.5 Å². The molecule has 4 aliphatic heterocycles. The first-order valence-electron chi connectivity index (χ1n) is 12.7. The molecule has 4 saturated heterocycles. The van der Waals surface area contributed by atoms with Gasteiger partial charge in [0.2, 0.25) is 0 Å². The second kappa shape index (κ2) is 14.0. The van der Waals surface area contributed by atoms with E-state index < -0.39 is 29.8 Å². The zero-order valence-electron chi connectivity index (χ0n) is 21.1. The highest BCUT2D eigenvalue weighted by Gasteiger charge is 2.48. The maximum atomic E-state index is 11.8. The largest absolute Gasteiger partial charge is 0.481 e. The third kappa shape index (κ3) is 8.30. The van der Waals surface area contributed by atoms with Crippen LogP contribution in [0.5, 0.6) is 0 Å². The smallest absolute Gasteiger partial charge is 0.323 e. The summed E-state index contributed by atoms with van der Waals surface area (Å²) in [5, 5.41) is 43.9. The molecule has 4 fully saturated rings. The second-order valence-corrected chi connectivity index (χ2v) is 12.4. The van der Waals surface area contributed by atoms with Crippen molar-refractivity contribution in [1.82, 2.24) is 20.9 Å². The van der Waals surface area contributed by atoms with Crippen LogP contribution in [0.25, 0.3) is 0 Å². The molecule has 4 heterocycles. The van der Waals surface area contributed by atoms with Crippen molar-refractivity contribution in [2.75, 3.05) is 18.1 Å². The zero-order valence-corrected chi connectivity index (χ0v) is 22.7. The average molecular weight is 591 g/mol. The molecule has 39 heavy (non-hydrogen) atoms. The van der Waals surface area contributed by atoms with Gasteiger partial charge in [0, 0.05) is 28.4 Å². The van der Waals surface area contributed by atoms with Gasteiger partial charge in [-0.1, -0.05) is 12.8 Å². The lowest BCUT2D eigenvalue weighted by atomic mass is 9.98. The van der Waals surface area contributed by atoms with Gasteiger partial charge in [0.15, 0.2) is 5.92 Å². The molecule has 16 heteroatoms. The molecule has 0 aromatic rings. The summed E-state index contributed by atoms with van der Waals surface area (Å²) in [5.74, 6) is -4.13. The van der Waals surface area contributed by atoms with Crippen LogP contribution in [0, 0.1) is 5.92 Å². The van der Waals surface area contributed by atoms with Gasteiger partial charge < -0.3 is 41.3 Å². The monoisotopic (exact) mass is 590 g/mol. The summed E-state index contributed by atoms with van der Waals surface area (Å²) in [7, 11) is 0. The van der Waals surface area contributed by atoms with Crippen molar-refractivity contribution in [1.29, 1.82) is 0 Å². The van der Waals surface area contributed by atoms with Gasteiger partial charge in [0.05, 0.1) is 24.2 Å². The van der Waals surface area contributed by atoms with E-state index in [9.17, 15) is 28.8 Å². The van der Waals surface area contributed by atoms with E-state index in [0.717, 1.165) is 24.3 Å². The van der Waals surface area contributed by atoms with Crippen LogP contribution < -0.4 is 16.0 Å². The van der Waals surface area contributed by atoms with Gasteiger partial charge in [-0.15, -0.1) is 0 Å². The summed E-state index contributed by atoms with van der Waals surface area (Å²) in [4.78, 5) is 67.0. The molecule has 218 valence electrons. The van der Waals surface area contributed by atoms with Gasteiger partial charge in [-0.3, -0.25) is 19.2 Å². The van der Waals surface area contributed by atoms with Crippen molar-refractivity contribution < 1.29 is 49.2 Å². The minimum Gasteiger partial charge on any atom is -0.481 e. The first kappa shape index (κ1) is 30.7. The van der Waals surface area contributed by atoms with E-state index in [4.69, 9.17) is 20.4 Å². The molecule has 0 saturated carbocycles.